The Balaban J connectivity index is 0.000000149. The van der Waals surface area contributed by atoms with Gasteiger partial charge in [0.1, 0.15) is 34.3 Å². The summed E-state index contributed by atoms with van der Waals surface area (Å²) in [5.41, 5.74) is 2.14. The zero-order chi connectivity index (χ0) is 25.1. The van der Waals surface area contributed by atoms with E-state index in [9.17, 15) is 19.1 Å². The molecule has 6 aromatic rings. The van der Waals surface area contributed by atoms with Gasteiger partial charge >= 0.3 is 0 Å². The Labute approximate surface area is 204 Å². The van der Waals surface area contributed by atoms with Gasteiger partial charge < -0.3 is 13.9 Å². The molecule has 0 aliphatic rings. The summed E-state index contributed by atoms with van der Waals surface area (Å²) in [5.74, 6) is 0.605. The summed E-state index contributed by atoms with van der Waals surface area (Å²) in [6.07, 6.45) is 0. The highest BCUT2D eigenvalue weighted by atomic mass is 19.1. The molecule has 0 unspecified atom stereocenters. The number of rotatable bonds is 2. The van der Waals surface area contributed by atoms with Crippen LogP contribution in [0.5, 0.6) is 5.75 Å². The van der Waals surface area contributed by atoms with Gasteiger partial charge in [-0.05, 0) is 48.5 Å². The highest BCUT2D eigenvalue weighted by Crippen LogP contribution is 2.24. The Morgan fingerprint density at radius 1 is 0.556 bits per heavy atom. The van der Waals surface area contributed by atoms with Crippen molar-refractivity contribution in [3.05, 3.63) is 135 Å². The van der Waals surface area contributed by atoms with Crippen LogP contribution in [0, 0.1) is 5.82 Å². The summed E-state index contributed by atoms with van der Waals surface area (Å²) in [6.45, 7) is 0. The Bertz CT molecular complexity index is 1790. The standard InChI is InChI=1S/C15H9FO3.C15H10O2/c16-10-3-6-12-13(18)8-14(19-15(12)7-10)9-1-4-11(17)5-2-9;16-13-10-15(11-6-2-1-3-7-11)17-14-9-5-4-8-12(13)14/h1-8,17H;1-10H. The van der Waals surface area contributed by atoms with E-state index in [0.29, 0.717) is 33.4 Å². The molecular weight excluding hydrogens is 459 g/mol. The third-order valence-corrected chi connectivity index (χ3v) is 5.54. The predicted molar refractivity (Wildman–Crippen MR) is 137 cm³/mol. The molecule has 0 amide bonds. The van der Waals surface area contributed by atoms with E-state index in [1.54, 1.807) is 18.2 Å². The van der Waals surface area contributed by atoms with Crippen LogP contribution in [0.1, 0.15) is 0 Å². The number of phenols is 1. The van der Waals surface area contributed by atoms with Gasteiger partial charge in [0.15, 0.2) is 10.9 Å². The van der Waals surface area contributed by atoms with Crippen molar-refractivity contribution in [2.45, 2.75) is 0 Å². The third kappa shape index (κ3) is 4.79. The Morgan fingerprint density at radius 2 is 1.11 bits per heavy atom. The van der Waals surface area contributed by atoms with E-state index in [1.165, 1.54) is 42.5 Å². The quantitative estimate of drug-likeness (QED) is 0.297. The first-order valence-electron chi connectivity index (χ1n) is 11.1. The molecule has 4 aromatic carbocycles. The van der Waals surface area contributed by atoms with Gasteiger partial charge in [-0.1, -0.05) is 42.5 Å². The van der Waals surface area contributed by atoms with Crippen molar-refractivity contribution in [2.75, 3.05) is 0 Å². The van der Waals surface area contributed by atoms with Crippen LogP contribution < -0.4 is 10.9 Å². The molecule has 0 atom stereocenters. The largest absolute Gasteiger partial charge is 0.508 e. The van der Waals surface area contributed by atoms with Crippen LogP contribution in [-0.4, -0.2) is 5.11 Å². The van der Waals surface area contributed by atoms with Crippen molar-refractivity contribution >= 4 is 21.9 Å². The van der Waals surface area contributed by atoms with Crippen molar-refractivity contribution < 1.29 is 18.3 Å². The topological polar surface area (TPSA) is 80.6 Å². The van der Waals surface area contributed by atoms with Crippen LogP contribution in [0.25, 0.3) is 44.6 Å². The molecular formula is C30H19FO5. The fourth-order valence-corrected chi connectivity index (χ4v) is 3.75. The number of aromatic hydroxyl groups is 1. The molecule has 0 saturated carbocycles. The van der Waals surface area contributed by atoms with Crippen molar-refractivity contribution in [3.8, 4) is 28.4 Å². The van der Waals surface area contributed by atoms with Gasteiger partial charge in [0, 0.05) is 29.3 Å². The van der Waals surface area contributed by atoms with Gasteiger partial charge in [0.05, 0.1) is 10.8 Å². The molecule has 5 nitrogen and oxygen atoms in total. The van der Waals surface area contributed by atoms with Gasteiger partial charge in [-0.2, -0.15) is 0 Å². The van der Waals surface area contributed by atoms with E-state index in [0.717, 1.165) is 5.56 Å². The summed E-state index contributed by atoms with van der Waals surface area (Å²) >= 11 is 0. The molecule has 36 heavy (non-hydrogen) atoms. The van der Waals surface area contributed by atoms with Crippen LogP contribution in [0.4, 0.5) is 4.39 Å². The molecule has 0 aliphatic heterocycles. The van der Waals surface area contributed by atoms with Crippen molar-refractivity contribution in [1.82, 2.24) is 0 Å². The zero-order valence-corrected chi connectivity index (χ0v) is 18.9. The number of benzene rings is 4. The maximum Gasteiger partial charge on any atom is 0.193 e. The molecule has 176 valence electrons. The Morgan fingerprint density at radius 3 is 1.81 bits per heavy atom. The maximum absolute atomic E-state index is 13.2. The van der Waals surface area contributed by atoms with Crippen molar-refractivity contribution in [3.63, 3.8) is 0 Å². The lowest BCUT2D eigenvalue weighted by Crippen LogP contribution is -2.00. The first-order chi connectivity index (χ1) is 17.5. The number of para-hydroxylation sites is 1. The number of phenolic OH excluding ortho intramolecular Hbond substituents is 1. The molecule has 0 fully saturated rings. The number of hydrogen-bond donors (Lipinski definition) is 1. The number of halogens is 1. The van der Waals surface area contributed by atoms with Crippen molar-refractivity contribution in [1.29, 1.82) is 0 Å². The fourth-order valence-electron chi connectivity index (χ4n) is 3.75. The molecule has 0 saturated heterocycles. The maximum atomic E-state index is 13.2. The minimum absolute atomic E-state index is 0.00861. The van der Waals surface area contributed by atoms with Gasteiger partial charge in [-0.15, -0.1) is 0 Å². The molecule has 0 radical (unpaired) electrons. The van der Waals surface area contributed by atoms with Gasteiger partial charge in [0.2, 0.25) is 0 Å². The fraction of sp³-hybridized carbons (Fsp3) is 0. The monoisotopic (exact) mass is 478 g/mol. The first kappa shape index (κ1) is 22.8. The lowest BCUT2D eigenvalue weighted by Gasteiger charge is -2.03. The molecule has 2 aromatic heterocycles. The van der Waals surface area contributed by atoms with Crippen LogP contribution >= 0.6 is 0 Å². The van der Waals surface area contributed by atoms with E-state index >= 15 is 0 Å². The van der Waals surface area contributed by atoms with Crippen LogP contribution in [0.15, 0.2) is 128 Å². The normalized spacial score (nSPS) is 10.7. The van der Waals surface area contributed by atoms with Crippen LogP contribution in [0.2, 0.25) is 0 Å². The van der Waals surface area contributed by atoms with E-state index in [-0.39, 0.29) is 22.2 Å². The molecule has 2 heterocycles. The van der Waals surface area contributed by atoms with E-state index in [4.69, 9.17) is 8.83 Å². The third-order valence-electron chi connectivity index (χ3n) is 5.54. The van der Waals surface area contributed by atoms with E-state index in [2.05, 4.69) is 0 Å². The molecule has 1 N–H and O–H groups in total. The molecule has 0 bridgehead atoms. The van der Waals surface area contributed by atoms with Gasteiger partial charge in [0.25, 0.3) is 0 Å². The highest BCUT2D eigenvalue weighted by molar-refractivity contribution is 5.79. The van der Waals surface area contributed by atoms with E-state index in [1.807, 2.05) is 48.5 Å². The number of fused-ring (bicyclic) bond motifs is 2. The lowest BCUT2D eigenvalue weighted by molar-refractivity contribution is 0.475. The minimum Gasteiger partial charge on any atom is -0.508 e. The second-order valence-electron chi connectivity index (χ2n) is 8.00. The average molecular weight is 478 g/mol. The SMILES string of the molecule is O=c1cc(-c2ccc(O)cc2)oc2cc(F)ccc12.O=c1cc(-c2ccccc2)oc2ccccc12. The molecule has 6 rings (SSSR count). The average Bonchev–Trinajstić information content (AvgIpc) is 2.90. The summed E-state index contributed by atoms with van der Waals surface area (Å²) in [6, 6.07) is 29.8. The zero-order valence-electron chi connectivity index (χ0n) is 18.9. The molecule has 6 heteroatoms. The Kier molecular flexibility index (Phi) is 6.16. The summed E-state index contributed by atoms with van der Waals surface area (Å²) in [4.78, 5) is 23.8. The predicted octanol–water partition coefficient (Wildman–Crippen LogP) is 6.76. The summed E-state index contributed by atoms with van der Waals surface area (Å²) < 4.78 is 24.4. The van der Waals surface area contributed by atoms with E-state index < -0.39 is 5.82 Å². The summed E-state index contributed by atoms with van der Waals surface area (Å²) in [7, 11) is 0. The van der Waals surface area contributed by atoms with Crippen LogP contribution in [0.3, 0.4) is 0 Å². The highest BCUT2D eigenvalue weighted by Gasteiger charge is 2.08. The van der Waals surface area contributed by atoms with Gasteiger partial charge in [-0.3, -0.25) is 9.59 Å². The molecule has 0 aliphatic carbocycles. The second kappa shape index (κ2) is 9.72. The summed E-state index contributed by atoms with van der Waals surface area (Å²) in [5, 5.41) is 10.2. The lowest BCUT2D eigenvalue weighted by atomic mass is 10.1. The smallest absolute Gasteiger partial charge is 0.193 e. The second-order valence-corrected chi connectivity index (χ2v) is 8.00. The van der Waals surface area contributed by atoms with Crippen LogP contribution in [-0.2, 0) is 0 Å². The number of hydrogen-bond acceptors (Lipinski definition) is 5. The molecule has 0 spiro atoms. The van der Waals surface area contributed by atoms with Gasteiger partial charge in [-0.25, -0.2) is 4.39 Å². The van der Waals surface area contributed by atoms with Crippen molar-refractivity contribution in [2.24, 2.45) is 0 Å². The first-order valence-corrected chi connectivity index (χ1v) is 11.1. The minimum atomic E-state index is -0.460. The Hall–Kier alpha value is -4.97.